The standard InChI is InChI=1S/C15H17BrN4OS/c16-12-8-6-11(7-9-12)14(21)10-22-15-17-18-19-20(15)13-4-2-1-3-5-13/h6-9,13H,1-5,10H2. The van der Waals surface area contributed by atoms with Gasteiger partial charge in [0.1, 0.15) is 0 Å². The monoisotopic (exact) mass is 380 g/mol. The number of tetrazole rings is 1. The van der Waals surface area contributed by atoms with Crippen LogP contribution in [0.1, 0.15) is 48.5 Å². The number of halogens is 1. The molecule has 0 unspecified atom stereocenters. The fourth-order valence-electron chi connectivity index (χ4n) is 2.68. The number of nitrogens with zero attached hydrogens (tertiary/aromatic N) is 4. The van der Waals surface area contributed by atoms with Crippen LogP contribution in [0.15, 0.2) is 33.9 Å². The summed E-state index contributed by atoms with van der Waals surface area (Å²) >= 11 is 4.79. The van der Waals surface area contributed by atoms with Crippen molar-refractivity contribution in [1.82, 2.24) is 20.2 Å². The summed E-state index contributed by atoms with van der Waals surface area (Å²) < 4.78 is 2.87. The van der Waals surface area contributed by atoms with E-state index in [-0.39, 0.29) is 5.78 Å². The topological polar surface area (TPSA) is 60.7 Å². The van der Waals surface area contributed by atoms with E-state index in [4.69, 9.17) is 0 Å². The third-order valence-electron chi connectivity index (χ3n) is 3.88. The molecule has 0 aliphatic heterocycles. The van der Waals surface area contributed by atoms with Crippen molar-refractivity contribution >= 4 is 33.5 Å². The highest BCUT2D eigenvalue weighted by Crippen LogP contribution is 2.30. The first kappa shape index (κ1) is 15.7. The van der Waals surface area contributed by atoms with Crippen molar-refractivity contribution < 1.29 is 4.79 Å². The van der Waals surface area contributed by atoms with Crippen LogP contribution in [0.25, 0.3) is 0 Å². The predicted octanol–water partition coefficient (Wildman–Crippen LogP) is 3.92. The van der Waals surface area contributed by atoms with E-state index in [1.165, 1.54) is 31.0 Å². The van der Waals surface area contributed by atoms with E-state index in [2.05, 4.69) is 31.5 Å². The van der Waals surface area contributed by atoms with Crippen LogP contribution in [0, 0.1) is 0 Å². The number of hydrogen-bond acceptors (Lipinski definition) is 5. The van der Waals surface area contributed by atoms with Crippen molar-refractivity contribution in [3.8, 4) is 0 Å². The molecule has 0 amide bonds. The van der Waals surface area contributed by atoms with Crippen molar-refractivity contribution in [2.75, 3.05) is 5.75 Å². The highest BCUT2D eigenvalue weighted by atomic mass is 79.9. The van der Waals surface area contributed by atoms with E-state index in [9.17, 15) is 4.79 Å². The number of rotatable bonds is 5. The van der Waals surface area contributed by atoms with Gasteiger partial charge in [-0.25, -0.2) is 4.68 Å². The number of carbonyl (C=O) groups is 1. The number of aromatic nitrogens is 4. The van der Waals surface area contributed by atoms with Gasteiger partial charge < -0.3 is 0 Å². The molecule has 1 fully saturated rings. The van der Waals surface area contributed by atoms with Crippen LogP contribution in [0.3, 0.4) is 0 Å². The van der Waals surface area contributed by atoms with Gasteiger partial charge in [-0.1, -0.05) is 59.1 Å². The Hall–Kier alpha value is -1.21. The molecule has 0 spiro atoms. The normalized spacial score (nSPS) is 15.9. The Morgan fingerprint density at radius 2 is 1.95 bits per heavy atom. The van der Waals surface area contributed by atoms with Crippen LogP contribution in [0.4, 0.5) is 0 Å². The van der Waals surface area contributed by atoms with Crippen molar-refractivity contribution in [2.24, 2.45) is 0 Å². The minimum absolute atomic E-state index is 0.0932. The zero-order chi connectivity index (χ0) is 15.4. The third kappa shape index (κ3) is 3.76. The number of hydrogen-bond donors (Lipinski definition) is 0. The van der Waals surface area contributed by atoms with Crippen molar-refractivity contribution in [2.45, 2.75) is 43.3 Å². The fourth-order valence-corrected chi connectivity index (χ4v) is 3.79. The van der Waals surface area contributed by atoms with Gasteiger partial charge in [0.2, 0.25) is 5.16 Å². The lowest BCUT2D eigenvalue weighted by Crippen LogP contribution is -2.15. The van der Waals surface area contributed by atoms with Crippen molar-refractivity contribution in [1.29, 1.82) is 0 Å². The molecule has 0 bridgehead atoms. The molecule has 2 aromatic rings. The molecule has 3 rings (SSSR count). The summed E-state index contributed by atoms with van der Waals surface area (Å²) in [6, 6.07) is 7.80. The molecule has 0 N–H and O–H groups in total. The molecule has 116 valence electrons. The van der Waals surface area contributed by atoms with Crippen LogP contribution < -0.4 is 0 Å². The number of Topliss-reactive ketones (excluding diaryl/α,β-unsaturated/α-hetero) is 1. The molecule has 7 heteroatoms. The molecule has 0 saturated heterocycles. The molecule has 0 atom stereocenters. The first-order valence-electron chi connectivity index (χ1n) is 7.43. The predicted molar refractivity (Wildman–Crippen MR) is 89.1 cm³/mol. The number of thioether (sulfide) groups is 1. The lowest BCUT2D eigenvalue weighted by atomic mass is 9.96. The van der Waals surface area contributed by atoms with Crippen LogP contribution in [-0.2, 0) is 0 Å². The van der Waals surface area contributed by atoms with Gasteiger partial charge in [-0.2, -0.15) is 0 Å². The Morgan fingerprint density at radius 3 is 2.68 bits per heavy atom. The average molecular weight is 381 g/mol. The third-order valence-corrected chi connectivity index (χ3v) is 5.34. The summed E-state index contributed by atoms with van der Waals surface area (Å²) in [6.07, 6.45) is 6.00. The number of ketones is 1. The molecule has 5 nitrogen and oxygen atoms in total. The molecule has 1 saturated carbocycles. The minimum Gasteiger partial charge on any atom is -0.293 e. The van der Waals surface area contributed by atoms with Crippen LogP contribution in [-0.4, -0.2) is 31.7 Å². The first-order valence-corrected chi connectivity index (χ1v) is 9.21. The maximum atomic E-state index is 12.2. The Kier molecular flexibility index (Phi) is 5.25. The lowest BCUT2D eigenvalue weighted by molar-refractivity contribution is 0.102. The summed E-state index contributed by atoms with van der Waals surface area (Å²) in [5.41, 5.74) is 0.715. The van der Waals surface area contributed by atoms with Crippen molar-refractivity contribution in [3.05, 3.63) is 34.3 Å². The smallest absolute Gasteiger partial charge is 0.210 e. The van der Waals surface area contributed by atoms with E-state index in [1.54, 1.807) is 0 Å². The Labute approximate surface area is 142 Å². The molecule has 22 heavy (non-hydrogen) atoms. The second-order valence-electron chi connectivity index (χ2n) is 5.42. The second kappa shape index (κ2) is 7.37. The summed E-state index contributed by atoms with van der Waals surface area (Å²) in [4.78, 5) is 12.2. The van der Waals surface area contributed by atoms with Gasteiger partial charge in [-0.05, 0) is 35.4 Å². The highest BCUT2D eigenvalue weighted by Gasteiger charge is 2.20. The van der Waals surface area contributed by atoms with Crippen molar-refractivity contribution in [3.63, 3.8) is 0 Å². The van der Waals surface area contributed by atoms with Crippen LogP contribution in [0.5, 0.6) is 0 Å². The molecule has 0 radical (unpaired) electrons. The Bertz CT molecular complexity index is 637. The average Bonchev–Trinajstić information content (AvgIpc) is 3.02. The molecular weight excluding hydrogens is 364 g/mol. The Morgan fingerprint density at radius 1 is 1.23 bits per heavy atom. The zero-order valence-corrected chi connectivity index (χ0v) is 14.5. The van der Waals surface area contributed by atoms with E-state index in [0.29, 0.717) is 17.4 Å². The van der Waals surface area contributed by atoms with Crippen LogP contribution in [0.2, 0.25) is 0 Å². The second-order valence-corrected chi connectivity index (χ2v) is 7.27. The van der Waals surface area contributed by atoms with Gasteiger partial charge in [0.05, 0.1) is 11.8 Å². The van der Waals surface area contributed by atoms with Gasteiger partial charge in [-0.15, -0.1) is 5.10 Å². The lowest BCUT2D eigenvalue weighted by Gasteiger charge is -2.21. The molecule has 1 aromatic heterocycles. The Balaban J connectivity index is 1.63. The van der Waals surface area contributed by atoms with Gasteiger partial charge in [0.25, 0.3) is 0 Å². The number of benzene rings is 1. The van der Waals surface area contributed by atoms with Crippen LogP contribution >= 0.6 is 27.7 Å². The highest BCUT2D eigenvalue weighted by molar-refractivity contribution is 9.10. The summed E-state index contributed by atoms with van der Waals surface area (Å²) in [7, 11) is 0. The summed E-state index contributed by atoms with van der Waals surface area (Å²) in [5, 5.41) is 12.7. The maximum absolute atomic E-state index is 12.2. The largest absolute Gasteiger partial charge is 0.293 e. The summed E-state index contributed by atoms with van der Waals surface area (Å²) in [5.74, 6) is 0.449. The SMILES string of the molecule is O=C(CSc1nnnn1C1CCCCC1)c1ccc(Br)cc1. The maximum Gasteiger partial charge on any atom is 0.210 e. The first-order chi connectivity index (χ1) is 10.7. The quantitative estimate of drug-likeness (QED) is 0.581. The molecule has 1 heterocycles. The van der Waals surface area contributed by atoms with E-state index in [1.807, 2.05) is 28.9 Å². The minimum atomic E-state index is 0.0932. The zero-order valence-electron chi connectivity index (χ0n) is 12.1. The molecule has 1 aliphatic rings. The van der Waals surface area contributed by atoms with E-state index in [0.717, 1.165) is 22.5 Å². The van der Waals surface area contributed by atoms with E-state index < -0.39 is 0 Å². The van der Waals surface area contributed by atoms with Gasteiger partial charge in [0.15, 0.2) is 5.78 Å². The van der Waals surface area contributed by atoms with Gasteiger partial charge in [0, 0.05) is 10.0 Å². The van der Waals surface area contributed by atoms with Gasteiger partial charge in [-0.3, -0.25) is 4.79 Å². The number of carbonyl (C=O) groups excluding carboxylic acids is 1. The molecule has 1 aliphatic carbocycles. The van der Waals surface area contributed by atoms with E-state index >= 15 is 0 Å². The van der Waals surface area contributed by atoms with Gasteiger partial charge >= 0.3 is 0 Å². The summed E-state index contributed by atoms with van der Waals surface area (Å²) in [6.45, 7) is 0. The molecule has 1 aromatic carbocycles. The fraction of sp³-hybridized carbons (Fsp3) is 0.467. The molecular formula is C15H17BrN4OS.